The number of carbonyl (C=O) groups is 1. The van der Waals surface area contributed by atoms with Gasteiger partial charge in [-0.15, -0.1) is 11.3 Å². The summed E-state index contributed by atoms with van der Waals surface area (Å²) in [5.41, 5.74) is 0.00382. The minimum absolute atomic E-state index is 0.240. The zero-order valence-corrected chi connectivity index (χ0v) is 12.8. The minimum Gasteiger partial charge on any atom is -0.311 e. The molecule has 106 valence electrons. The highest BCUT2D eigenvalue weighted by Crippen LogP contribution is 2.60. The van der Waals surface area contributed by atoms with Gasteiger partial charge in [0, 0.05) is 31.0 Å². The van der Waals surface area contributed by atoms with Gasteiger partial charge in [-0.1, -0.05) is 6.07 Å². The van der Waals surface area contributed by atoms with E-state index in [1.165, 1.54) is 25.6 Å². The van der Waals surface area contributed by atoms with Crippen LogP contribution >= 0.6 is 18.9 Å². The van der Waals surface area contributed by atoms with Crippen LogP contribution in [0.1, 0.15) is 21.3 Å². The molecule has 0 N–H and O–H groups in total. The average molecular weight is 311 g/mol. The molecule has 2 aromatic heterocycles. The predicted molar refractivity (Wildman–Crippen MR) is 76.6 cm³/mol. The molecule has 0 bridgehead atoms. The predicted octanol–water partition coefficient (Wildman–Crippen LogP) is 3.19. The highest BCUT2D eigenvalue weighted by molar-refractivity contribution is 7.55. The van der Waals surface area contributed by atoms with Crippen molar-refractivity contribution in [2.45, 2.75) is 11.6 Å². The molecule has 0 aromatic carbocycles. The van der Waals surface area contributed by atoms with Crippen molar-refractivity contribution in [2.24, 2.45) is 0 Å². The summed E-state index contributed by atoms with van der Waals surface area (Å²) in [6.45, 7) is 0. The molecule has 20 heavy (non-hydrogen) atoms. The van der Waals surface area contributed by atoms with Gasteiger partial charge >= 0.3 is 7.60 Å². The van der Waals surface area contributed by atoms with Gasteiger partial charge < -0.3 is 9.05 Å². The highest BCUT2D eigenvalue weighted by atomic mass is 32.1. The molecule has 5 nitrogen and oxygen atoms in total. The molecule has 0 saturated heterocycles. The lowest BCUT2D eigenvalue weighted by Crippen LogP contribution is -2.25. The highest BCUT2D eigenvalue weighted by Gasteiger charge is 2.52. The van der Waals surface area contributed by atoms with Crippen molar-refractivity contribution in [3.8, 4) is 0 Å². The third-order valence-electron chi connectivity index (χ3n) is 3.60. The first-order valence-electron chi connectivity index (χ1n) is 6.08. The van der Waals surface area contributed by atoms with Crippen LogP contribution in [0.2, 0.25) is 0 Å². The Balaban J connectivity index is 2.16. The standard InChI is InChI=1S/C13H14NO4PS/c1-17-19(16,18-2)12-11(10-6-4-8-20-10)9-5-3-7-14(9)13(12)15/h3-8,11-12H,1-2H3. The number of thiophene rings is 1. The van der Waals surface area contributed by atoms with E-state index >= 15 is 0 Å². The number of hydrogen-bond donors (Lipinski definition) is 0. The Morgan fingerprint density at radius 1 is 1.25 bits per heavy atom. The first-order chi connectivity index (χ1) is 9.62. The second-order valence-electron chi connectivity index (χ2n) is 4.48. The minimum atomic E-state index is -3.50. The fraction of sp³-hybridized carbons (Fsp3) is 0.308. The summed E-state index contributed by atoms with van der Waals surface area (Å²) in [6, 6.07) is 7.54. The van der Waals surface area contributed by atoms with E-state index in [1.54, 1.807) is 10.8 Å². The van der Waals surface area contributed by atoms with Crippen LogP contribution in [0.3, 0.4) is 0 Å². The molecule has 3 rings (SSSR count). The quantitative estimate of drug-likeness (QED) is 0.814. The van der Waals surface area contributed by atoms with Crippen molar-refractivity contribution >= 4 is 24.8 Å². The van der Waals surface area contributed by atoms with E-state index in [2.05, 4.69) is 0 Å². The molecule has 0 saturated carbocycles. The van der Waals surface area contributed by atoms with E-state index in [0.717, 1.165) is 10.6 Å². The van der Waals surface area contributed by atoms with Crippen LogP contribution in [-0.4, -0.2) is 30.4 Å². The molecule has 0 spiro atoms. The zero-order chi connectivity index (χ0) is 14.3. The normalized spacial score (nSPS) is 22.2. The lowest BCUT2D eigenvalue weighted by atomic mass is 10.0. The van der Waals surface area contributed by atoms with Gasteiger partial charge in [0.05, 0.1) is 5.92 Å². The van der Waals surface area contributed by atoms with Crippen molar-refractivity contribution in [3.05, 3.63) is 46.4 Å². The molecule has 0 aliphatic carbocycles. The van der Waals surface area contributed by atoms with Crippen molar-refractivity contribution in [1.82, 2.24) is 4.57 Å². The summed E-state index contributed by atoms with van der Waals surface area (Å²) < 4.78 is 24.5. The van der Waals surface area contributed by atoms with Crippen LogP contribution in [0.5, 0.6) is 0 Å². The molecule has 2 unspecified atom stereocenters. The SMILES string of the molecule is COP(=O)(OC)C1C(=O)n2cccc2C1c1cccs1. The summed E-state index contributed by atoms with van der Waals surface area (Å²) in [4.78, 5) is 13.5. The molecule has 7 heteroatoms. The number of aromatic nitrogens is 1. The van der Waals surface area contributed by atoms with E-state index < -0.39 is 13.3 Å². The summed E-state index contributed by atoms with van der Waals surface area (Å²) in [7, 11) is -0.863. The smallest absolute Gasteiger partial charge is 0.311 e. The Kier molecular flexibility index (Phi) is 3.42. The molecule has 2 atom stereocenters. The lowest BCUT2D eigenvalue weighted by molar-refractivity contribution is 0.0912. The number of carbonyl (C=O) groups excluding carboxylic acids is 1. The third kappa shape index (κ3) is 1.84. The molecule has 0 radical (unpaired) electrons. The Bertz CT molecular complexity index is 670. The molecule has 0 amide bonds. The van der Waals surface area contributed by atoms with Crippen LogP contribution in [0.25, 0.3) is 0 Å². The van der Waals surface area contributed by atoms with Crippen LogP contribution in [0, 0.1) is 0 Å². The fourth-order valence-corrected chi connectivity index (χ4v) is 5.34. The molecule has 2 aromatic rings. The first kappa shape index (κ1) is 13.8. The van der Waals surface area contributed by atoms with Crippen molar-refractivity contribution < 1.29 is 18.4 Å². The second-order valence-corrected chi connectivity index (χ2v) is 7.83. The van der Waals surface area contributed by atoms with Gasteiger partial charge in [-0.05, 0) is 23.6 Å². The molecular formula is C13H14NO4PS. The first-order valence-corrected chi connectivity index (χ1v) is 8.57. The topological polar surface area (TPSA) is 57.5 Å². The summed E-state index contributed by atoms with van der Waals surface area (Å²) in [5.74, 6) is -0.529. The van der Waals surface area contributed by atoms with Gasteiger partial charge in [0.1, 0.15) is 0 Å². The van der Waals surface area contributed by atoms with Gasteiger partial charge in [-0.2, -0.15) is 0 Å². The maximum Gasteiger partial charge on any atom is 0.343 e. The maximum atomic E-state index is 12.8. The third-order valence-corrected chi connectivity index (χ3v) is 6.78. The van der Waals surface area contributed by atoms with E-state index in [1.807, 2.05) is 29.6 Å². The van der Waals surface area contributed by atoms with Gasteiger partial charge in [-0.3, -0.25) is 13.9 Å². The van der Waals surface area contributed by atoms with Crippen molar-refractivity contribution in [3.63, 3.8) is 0 Å². The van der Waals surface area contributed by atoms with Gasteiger partial charge in [0.25, 0.3) is 0 Å². The van der Waals surface area contributed by atoms with Crippen LogP contribution in [-0.2, 0) is 13.6 Å². The largest absolute Gasteiger partial charge is 0.343 e. The zero-order valence-electron chi connectivity index (χ0n) is 11.1. The second kappa shape index (κ2) is 4.97. The van der Waals surface area contributed by atoms with E-state index in [9.17, 15) is 9.36 Å². The van der Waals surface area contributed by atoms with E-state index in [-0.39, 0.29) is 11.8 Å². The number of fused-ring (bicyclic) bond motifs is 1. The summed E-state index contributed by atoms with van der Waals surface area (Å²) >= 11 is 1.53. The molecular weight excluding hydrogens is 297 g/mol. The van der Waals surface area contributed by atoms with Crippen molar-refractivity contribution in [2.75, 3.05) is 14.2 Å². The van der Waals surface area contributed by atoms with Gasteiger partial charge in [-0.25, -0.2) is 0 Å². The summed E-state index contributed by atoms with van der Waals surface area (Å²) in [6.07, 6.45) is 1.69. The molecule has 1 aliphatic heterocycles. The van der Waals surface area contributed by atoms with E-state index in [4.69, 9.17) is 9.05 Å². The molecule has 0 fully saturated rings. The lowest BCUT2D eigenvalue weighted by Gasteiger charge is -2.23. The van der Waals surface area contributed by atoms with Crippen LogP contribution in [0.4, 0.5) is 0 Å². The monoisotopic (exact) mass is 311 g/mol. The molecule has 3 heterocycles. The van der Waals surface area contributed by atoms with E-state index in [0.29, 0.717) is 0 Å². The van der Waals surface area contributed by atoms with Crippen LogP contribution < -0.4 is 0 Å². The van der Waals surface area contributed by atoms with Crippen LogP contribution in [0.15, 0.2) is 35.8 Å². The van der Waals surface area contributed by atoms with Crippen molar-refractivity contribution in [1.29, 1.82) is 0 Å². The van der Waals surface area contributed by atoms with Gasteiger partial charge in [0.15, 0.2) is 5.66 Å². The maximum absolute atomic E-state index is 12.8. The Hall–Kier alpha value is -1.20. The molecule has 1 aliphatic rings. The summed E-state index contributed by atoms with van der Waals surface area (Å²) in [5, 5.41) is 1.94. The Morgan fingerprint density at radius 2 is 2.00 bits per heavy atom. The Labute approximate surface area is 120 Å². The number of nitrogens with zero attached hydrogens (tertiary/aromatic N) is 1. The average Bonchev–Trinajstić information content (AvgIpc) is 3.16. The van der Waals surface area contributed by atoms with Gasteiger partial charge in [0.2, 0.25) is 5.91 Å². The fourth-order valence-electron chi connectivity index (χ4n) is 2.68. The number of rotatable bonds is 4. The number of hydrogen-bond acceptors (Lipinski definition) is 5. The Morgan fingerprint density at radius 3 is 2.60 bits per heavy atom.